The molecule has 2 N–H and O–H groups in total. The van der Waals surface area contributed by atoms with Crippen molar-refractivity contribution in [2.24, 2.45) is 0 Å². The monoisotopic (exact) mass is 338 g/mol. The van der Waals surface area contributed by atoms with Crippen molar-refractivity contribution >= 4 is 33.0 Å². The van der Waals surface area contributed by atoms with Crippen LogP contribution in [0.25, 0.3) is 0 Å². The lowest BCUT2D eigenvalue weighted by atomic mass is 10.1. The second-order valence-electron chi connectivity index (χ2n) is 4.90. The molecular formula is C15H18N2O3S2. The zero-order valence-corrected chi connectivity index (χ0v) is 14.0. The maximum absolute atomic E-state index is 12.1. The first-order valence-electron chi connectivity index (χ1n) is 6.89. The predicted octanol–water partition coefficient (Wildman–Crippen LogP) is 3.08. The maximum atomic E-state index is 12.1. The molecule has 7 heteroatoms. The molecule has 0 fully saturated rings. The third-order valence-electron chi connectivity index (χ3n) is 3.15. The molecule has 2 rings (SSSR count). The van der Waals surface area contributed by atoms with E-state index >= 15 is 0 Å². The van der Waals surface area contributed by atoms with Crippen LogP contribution in [0.4, 0.5) is 5.69 Å². The van der Waals surface area contributed by atoms with Gasteiger partial charge in [0.15, 0.2) is 0 Å². The Labute approximate surface area is 134 Å². The van der Waals surface area contributed by atoms with Crippen molar-refractivity contribution in [3.63, 3.8) is 0 Å². The van der Waals surface area contributed by atoms with Gasteiger partial charge in [0.1, 0.15) is 4.21 Å². The Morgan fingerprint density at radius 2 is 1.91 bits per heavy atom. The number of carbonyl (C=O) groups excluding carboxylic acids is 1. The summed E-state index contributed by atoms with van der Waals surface area (Å²) in [4.78, 5) is 11.9. The summed E-state index contributed by atoms with van der Waals surface area (Å²) in [5.74, 6) is -0.165. The largest absolute Gasteiger partial charge is 0.350 e. The molecule has 1 aromatic heterocycles. The molecule has 0 unspecified atom stereocenters. The minimum atomic E-state index is -3.56. The van der Waals surface area contributed by atoms with E-state index in [1.807, 2.05) is 13.8 Å². The van der Waals surface area contributed by atoms with Gasteiger partial charge in [0, 0.05) is 17.3 Å². The van der Waals surface area contributed by atoms with Crippen molar-refractivity contribution in [1.82, 2.24) is 5.32 Å². The lowest BCUT2D eigenvalue weighted by molar-refractivity contribution is 0.0939. The van der Waals surface area contributed by atoms with Gasteiger partial charge in [-0.05, 0) is 49.1 Å². The van der Waals surface area contributed by atoms with E-state index in [9.17, 15) is 13.2 Å². The molecule has 118 valence electrons. The molecule has 5 nitrogen and oxygen atoms in total. The van der Waals surface area contributed by atoms with E-state index < -0.39 is 10.0 Å². The lowest BCUT2D eigenvalue weighted by Crippen LogP contribution is -2.31. The fraction of sp³-hybridized carbons (Fsp3) is 0.267. The van der Waals surface area contributed by atoms with Gasteiger partial charge in [-0.1, -0.05) is 13.0 Å². The van der Waals surface area contributed by atoms with E-state index in [0.29, 0.717) is 11.3 Å². The summed E-state index contributed by atoms with van der Waals surface area (Å²) >= 11 is 1.15. The molecule has 0 aliphatic rings. The molecule has 0 spiro atoms. The standard InChI is InChI=1S/C15H18N2O3S2/c1-3-11(2)16-15(18)12-6-8-13(9-7-12)17-22(19,20)14-5-4-10-21-14/h4-11,17H,3H2,1-2H3,(H,16,18)/t11-/m1/s1. The van der Waals surface area contributed by atoms with Gasteiger partial charge in [0.2, 0.25) is 0 Å². The second kappa shape index (κ2) is 6.93. The van der Waals surface area contributed by atoms with Crippen LogP contribution in [0.2, 0.25) is 0 Å². The van der Waals surface area contributed by atoms with Crippen LogP contribution < -0.4 is 10.0 Å². The van der Waals surface area contributed by atoms with Crippen molar-refractivity contribution in [3.05, 3.63) is 47.3 Å². The second-order valence-corrected chi connectivity index (χ2v) is 7.75. The molecule has 0 aliphatic heterocycles. The van der Waals surface area contributed by atoms with Gasteiger partial charge in [-0.25, -0.2) is 8.42 Å². The van der Waals surface area contributed by atoms with Crippen molar-refractivity contribution in [3.8, 4) is 0 Å². The average molecular weight is 338 g/mol. The highest BCUT2D eigenvalue weighted by atomic mass is 32.2. The fourth-order valence-corrected chi connectivity index (χ4v) is 3.77. The van der Waals surface area contributed by atoms with Gasteiger partial charge in [0.25, 0.3) is 15.9 Å². The molecule has 1 atom stereocenters. The minimum absolute atomic E-state index is 0.101. The van der Waals surface area contributed by atoms with Gasteiger partial charge in [0.05, 0.1) is 0 Å². The maximum Gasteiger partial charge on any atom is 0.271 e. The predicted molar refractivity (Wildman–Crippen MR) is 88.8 cm³/mol. The van der Waals surface area contributed by atoms with Gasteiger partial charge in [-0.2, -0.15) is 0 Å². The Kier molecular flexibility index (Phi) is 5.20. The minimum Gasteiger partial charge on any atom is -0.350 e. The summed E-state index contributed by atoms with van der Waals surface area (Å²) in [5, 5.41) is 4.57. The normalized spacial score (nSPS) is 12.6. The molecule has 1 heterocycles. The van der Waals surface area contributed by atoms with Crippen LogP contribution in [0.3, 0.4) is 0 Å². The van der Waals surface area contributed by atoms with Crippen molar-refractivity contribution in [1.29, 1.82) is 0 Å². The summed E-state index contributed by atoms with van der Waals surface area (Å²) in [6.07, 6.45) is 0.852. The van der Waals surface area contributed by atoms with Crippen LogP contribution in [0.15, 0.2) is 46.0 Å². The van der Waals surface area contributed by atoms with Crippen LogP contribution in [-0.4, -0.2) is 20.4 Å². The summed E-state index contributed by atoms with van der Waals surface area (Å²) in [6.45, 7) is 3.93. The number of carbonyl (C=O) groups is 1. The van der Waals surface area contributed by atoms with Crippen molar-refractivity contribution in [2.75, 3.05) is 4.72 Å². The van der Waals surface area contributed by atoms with Gasteiger partial charge >= 0.3 is 0 Å². The number of thiophene rings is 1. The lowest BCUT2D eigenvalue weighted by Gasteiger charge is -2.12. The van der Waals surface area contributed by atoms with E-state index in [1.54, 1.807) is 41.8 Å². The molecule has 2 aromatic rings. The highest BCUT2D eigenvalue weighted by Crippen LogP contribution is 2.20. The van der Waals surface area contributed by atoms with E-state index in [4.69, 9.17) is 0 Å². The first kappa shape index (κ1) is 16.5. The molecule has 0 saturated carbocycles. The molecule has 1 aromatic carbocycles. The first-order chi connectivity index (χ1) is 10.4. The van der Waals surface area contributed by atoms with E-state index in [-0.39, 0.29) is 16.2 Å². The molecule has 0 aliphatic carbocycles. The van der Waals surface area contributed by atoms with Crippen LogP contribution in [0.1, 0.15) is 30.6 Å². The third kappa shape index (κ3) is 4.08. The number of anilines is 1. The number of nitrogens with one attached hydrogen (secondary N) is 2. The van der Waals surface area contributed by atoms with Crippen LogP contribution in [0, 0.1) is 0 Å². The molecular weight excluding hydrogens is 320 g/mol. The molecule has 0 saturated heterocycles. The number of hydrogen-bond donors (Lipinski definition) is 2. The summed E-state index contributed by atoms with van der Waals surface area (Å²) in [7, 11) is -3.56. The number of amides is 1. The SMILES string of the molecule is CC[C@@H](C)NC(=O)c1ccc(NS(=O)(=O)c2cccs2)cc1. The van der Waals surface area contributed by atoms with E-state index in [0.717, 1.165) is 17.8 Å². The van der Waals surface area contributed by atoms with Gasteiger partial charge in [-0.15, -0.1) is 11.3 Å². The Balaban J connectivity index is 2.08. The summed E-state index contributed by atoms with van der Waals surface area (Å²) in [6, 6.07) is 9.69. The van der Waals surface area contributed by atoms with E-state index in [1.165, 1.54) is 0 Å². The first-order valence-corrected chi connectivity index (χ1v) is 9.26. The number of rotatable bonds is 6. The molecule has 0 radical (unpaired) electrons. The number of benzene rings is 1. The Bertz CT molecular complexity index is 723. The molecule has 1 amide bonds. The van der Waals surface area contributed by atoms with Crippen LogP contribution >= 0.6 is 11.3 Å². The van der Waals surface area contributed by atoms with Gasteiger partial charge < -0.3 is 5.32 Å². The quantitative estimate of drug-likeness (QED) is 0.850. The average Bonchev–Trinajstić information content (AvgIpc) is 3.02. The Morgan fingerprint density at radius 3 is 2.45 bits per heavy atom. The summed E-state index contributed by atoms with van der Waals surface area (Å²) in [5.41, 5.74) is 0.924. The van der Waals surface area contributed by atoms with Crippen LogP contribution in [-0.2, 0) is 10.0 Å². The molecule has 22 heavy (non-hydrogen) atoms. The summed E-state index contributed by atoms with van der Waals surface area (Å²) < 4.78 is 26.9. The fourth-order valence-electron chi connectivity index (χ4n) is 1.72. The van der Waals surface area contributed by atoms with Gasteiger partial charge in [-0.3, -0.25) is 9.52 Å². The number of hydrogen-bond acceptors (Lipinski definition) is 4. The topological polar surface area (TPSA) is 75.3 Å². The highest BCUT2D eigenvalue weighted by molar-refractivity contribution is 7.94. The third-order valence-corrected chi connectivity index (χ3v) is 5.93. The zero-order valence-electron chi connectivity index (χ0n) is 12.4. The van der Waals surface area contributed by atoms with Crippen molar-refractivity contribution in [2.45, 2.75) is 30.5 Å². The zero-order chi connectivity index (χ0) is 16.2. The Hall–Kier alpha value is -1.86. The van der Waals surface area contributed by atoms with Crippen molar-refractivity contribution < 1.29 is 13.2 Å². The molecule has 0 bridgehead atoms. The van der Waals surface area contributed by atoms with E-state index in [2.05, 4.69) is 10.0 Å². The highest BCUT2D eigenvalue weighted by Gasteiger charge is 2.15. The number of sulfonamides is 1. The van der Waals surface area contributed by atoms with Crippen LogP contribution in [0.5, 0.6) is 0 Å². The smallest absolute Gasteiger partial charge is 0.271 e. The Morgan fingerprint density at radius 1 is 1.23 bits per heavy atom.